The monoisotopic (exact) mass is 574 g/mol. The van der Waals surface area contributed by atoms with Crippen molar-refractivity contribution < 1.29 is 13.2 Å². The molecule has 7 nitrogen and oxygen atoms in total. The van der Waals surface area contributed by atoms with E-state index in [1.807, 2.05) is 43.1 Å². The van der Waals surface area contributed by atoms with Crippen molar-refractivity contribution in [2.24, 2.45) is 4.99 Å². The van der Waals surface area contributed by atoms with Crippen LogP contribution >= 0.6 is 39.9 Å². The van der Waals surface area contributed by atoms with E-state index in [2.05, 4.69) is 26.2 Å². The molecule has 2 rings (SSSR count). The molecule has 27 heavy (non-hydrogen) atoms. The Hall–Kier alpha value is -0.430. The number of aliphatic imine (C=N–C) groups is 1. The van der Waals surface area contributed by atoms with Gasteiger partial charge in [0.15, 0.2) is 5.96 Å². The standard InChI is InChI=1S/C17H27BrN4O3S.HI/c1-3-19-17(21(2)14-15-6-4-5-7-16(15)18)20-8-13-26(23,24)22-9-11-25-12-10-22;/h4-7H,3,8-14H2,1-2H3,(H,19,20);1H. The lowest BCUT2D eigenvalue weighted by Gasteiger charge is -2.26. The Bertz CT molecular complexity index is 712. The first kappa shape index (κ1) is 24.6. The first-order chi connectivity index (χ1) is 12.4. The number of halogens is 2. The Labute approximate surface area is 187 Å². The summed E-state index contributed by atoms with van der Waals surface area (Å²) in [6.07, 6.45) is 0. The summed E-state index contributed by atoms with van der Waals surface area (Å²) in [5, 5.41) is 3.22. The van der Waals surface area contributed by atoms with Gasteiger partial charge >= 0.3 is 0 Å². The minimum Gasteiger partial charge on any atom is -0.379 e. The van der Waals surface area contributed by atoms with E-state index in [-0.39, 0.29) is 36.3 Å². The number of hydrogen-bond acceptors (Lipinski definition) is 4. The van der Waals surface area contributed by atoms with Crippen molar-refractivity contribution in [3.05, 3.63) is 34.3 Å². The molecule has 1 heterocycles. The summed E-state index contributed by atoms with van der Waals surface area (Å²) >= 11 is 3.55. The Morgan fingerprint density at radius 2 is 2.00 bits per heavy atom. The summed E-state index contributed by atoms with van der Waals surface area (Å²) in [5.74, 6) is 0.700. The Morgan fingerprint density at radius 3 is 2.63 bits per heavy atom. The number of nitrogens with zero attached hydrogens (tertiary/aromatic N) is 3. The highest BCUT2D eigenvalue weighted by atomic mass is 127. The van der Waals surface area contributed by atoms with Crippen molar-refractivity contribution in [3.63, 3.8) is 0 Å². The molecule has 1 aromatic rings. The lowest BCUT2D eigenvalue weighted by Crippen LogP contribution is -2.42. The second kappa shape index (κ2) is 12.2. The van der Waals surface area contributed by atoms with Gasteiger partial charge in [-0.1, -0.05) is 34.1 Å². The van der Waals surface area contributed by atoms with E-state index in [9.17, 15) is 8.42 Å². The average Bonchev–Trinajstić information content (AvgIpc) is 2.63. The summed E-state index contributed by atoms with van der Waals surface area (Å²) in [6, 6.07) is 8.02. The van der Waals surface area contributed by atoms with E-state index in [0.29, 0.717) is 38.8 Å². The number of morpholine rings is 1. The number of sulfonamides is 1. The van der Waals surface area contributed by atoms with Gasteiger partial charge in [-0.2, -0.15) is 4.31 Å². The molecule has 1 N–H and O–H groups in total. The van der Waals surface area contributed by atoms with Crippen molar-refractivity contribution in [1.82, 2.24) is 14.5 Å². The van der Waals surface area contributed by atoms with Crippen LogP contribution in [-0.4, -0.2) is 75.8 Å². The minimum absolute atomic E-state index is 0. The van der Waals surface area contributed by atoms with Crippen molar-refractivity contribution in [3.8, 4) is 0 Å². The van der Waals surface area contributed by atoms with Gasteiger partial charge in [-0.3, -0.25) is 4.99 Å². The molecule has 0 saturated carbocycles. The quantitative estimate of drug-likeness (QED) is 0.307. The van der Waals surface area contributed by atoms with Crippen LogP contribution in [-0.2, 0) is 21.3 Å². The zero-order valence-corrected chi connectivity index (χ0v) is 20.5. The molecule has 1 aromatic carbocycles. The van der Waals surface area contributed by atoms with Gasteiger partial charge in [-0.05, 0) is 18.6 Å². The maximum absolute atomic E-state index is 12.4. The fourth-order valence-corrected chi connectivity index (χ4v) is 4.34. The Balaban J connectivity index is 0.00000364. The highest BCUT2D eigenvalue weighted by Crippen LogP contribution is 2.17. The highest BCUT2D eigenvalue weighted by Gasteiger charge is 2.23. The fraction of sp³-hybridized carbons (Fsp3) is 0.588. The molecule has 1 aliphatic rings. The van der Waals surface area contributed by atoms with Gasteiger partial charge in [0.2, 0.25) is 10.0 Å². The van der Waals surface area contributed by atoms with E-state index < -0.39 is 10.0 Å². The number of nitrogens with one attached hydrogen (secondary N) is 1. The number of guanidine groups is 1. The minimum atomic E-state index is -3.29. The summed E-state index contributed by atoms with van der Waals surface area (Å²) in [5.41, 5.74) is 1.14. The van der Waals surface area contributed by atoms with Crippen LogP contribution < -0.4 is 5.32 Å². The molecule has 0 aliphatic carbocycles. The number of benzene rings is 1. The zero-order chi connectivity index (χ0) is 19.0. The first-order valence-electron chi connectivity index (χ1n) is 8.72. The number of ether oxygens (including phenoxy) is 1. The molecular weight excluding hydrogens is 547 g/mol. The van der Waals surface area contributed by atoms with Crippen LogP contribution in [0.1, 0.15) is 12.5 Å². The van der Waals surface area contributed by atoms with Crippen LogP contribution in [0.5, 0.6) is 0 Å². The fourth-order valence-electron chi connectivity index (χ4n) is 2.65. The van der Waals surface area contributed by atoms with E-state index in [1.54, 1.807) is 0 Å². The van der Waals surface area contributed by atoms with Gasteiger partial charge in [0, 0.05) is 37.7 Å². The molecule has 154 valence electrons. The normalized spacial score (nSPS) is 15.9. The van der Waals surface area contributed by atoms with Gasteiger partial charge in [0.05, 0.1) is 25.5 Å². The van der Waals surface area contributed by atoms with E-state index in [0.717, 1.165) is 16.6 Å². The summed E-state index contributed by atoms with van der Waals surface area (Å²) < 4.78 is 32.5. The van der Waals surface area contributed by atoms with Gasteiger partial charge < -0.3 is 15.0 Å². The second-order valence-corrected chi connectivity index (χ2v) is 8.95. The van der Waals surface area contributed by atoms with Crippen molar-refractivity contribution in [2.45, 2.75) is 13.5 Å². The smallest absolute Gasteiger partial charge is 0.216 e. The predicted molar refractivity (Wildman–Crippen MR) is 123 cm³/mol. The van der Waals surface area contributed by atoms with Crippen molar-refractivity contribution in [1.29, 1.82) is 0 Å². The first-order valence-corrected chi connectivity index (χ1v) is 11.1. The lowest BCUT2D eigenvalue weighted by atomic mass is 10.2. The van der Waals surface area contributed by atoms with Crippen LogP contribution in [0.2, 0.25) is 0 Å². The molecule has 1 fully saturated rings. The molecule has 0 atom stereocenters. The maximum atomic E-state index is 12.4. The lowest BCUT2D eigenvalue weighted by molar-refractivity contribution is 0.0731. The topological polar surface area (TPSA) is 74.2 Å². The summed E-state index contributed by atoms with van der Waals surface area (Å²) in [7, 11) is -1.35. The molecule has 0 bridgehead atoms. The molecule has 0 radical (unpaired) electrons. The molecule has 10 heteroatoms. The summed E-state index contributed by atoms with van der Waals surface area (Å²) in [4.78, 5) is 6.49. The van der Waals surface area contributed by atoms with Crippen molar-refractivity contribution >= 4 is 55.9 Å². The van der Waals surface area contributed by atoms with Gasteiger partial charge in [-0.15, -0.1) is 24.0 Å². The Kier molecular flexibility index (Phi) is 11.1. The van der Waals surface area contributed by atoms with Gasteiger partial charge in [0.25, 0.3) is 0 Å². The average molecular weight is 575 g/mol. The van der Waals surface area contributed by atoms with E-state index in [1.165, 1.54) is 4.31 Å². The largest absolute Gasteiger partial charge is 0.379 e. The molecule has 0 spiro atoms. The highest BCUT2D eigenvalue weighted by molar-refractivity contribution is 14.0. The van der Waals surface area contributed by atoms with E-state index >= 15 is 0 Å². The number of rotatable bonds is 7. The zero-order valence-electron chi connectivity index (χ0n) is 15.7. The van der Waals surface area contributed by atoms with Crippen LogP contribution in [0, 0.1) is 0 Å². The van der Waals surface area contributed by atoms with E-state index in [4.69, 9.17) is 4.74 Å². The molecule has 1 saturated heterocycles. The molecular formula is C17H28BrIN4O3S. The second-order valence-electron chi connectivity index (χ2n) is 6.01. The molecule has 0 amide bonds. The number of hydrogen-bond donors (Lipinski definition) is 1. The van der Waals surface area contributed by atoms with Crippen LogP contribution in [0.4, 0.5) is 0 Å². The third kappa shape index (κ3) is 7.84. The van der Waals surface area contributed by atoms with Crippen LogP contribution in [0.15, 0.2) is 33.7 Å². The van der Waals surface area contributed by atoms with Crippen molar-refractivity contribution in [2.75, 3.05) is 52.2 Å². The molecule has 0 aromatic heterocycles. The third-order valence-corrected chi connectivity index (χ3v) is 6.66. The SMILES string of the molecule is CCNC(=NCCS(=O)(=O)N1CCOCC1)N(C)Cc1ccccc1Br.I. The van der Waals surface area contributed by atoms with Crippen LogP contribution in [0.25, 0.3) is 0 Å². The maximum Gasteiger partial charge on any atom is 0.216 e. The molecule has 1 aliphatic heterocycles. The van der Waals surface area contributed by atoms with Gasteiger partial charge in [-0.25, -0.2) is 8.42 Å². The molecule has 0 unspecified atom stereocenters. The third-order valence-electron chi connectivity index (χ3n) is 4.04. The van der Waals surface area contributed by atoms with Gasteiger partial charge in [0.1, 0.15) is 0 Å². The predicted octanol–water partition coefficient (Wildman–Crippen LogP) is 2.13. The van der Waals surface area contributed by atoms with Crippen LogP contribution in [0.3, 0.4) is 0 Å². The Morgan fingerprint density at radius 1 is 1.33 bits per heavy atom. The summed E-state index contributed by atoms with van der Waals surface area (Å²) in [6.45, 7) is 5.37.